The molecule has 7 heteroatoms. The molecule has 3 saturated heterocycles. The van der Waals surface area contributed by atoms with Crippen LogP contribution in [0.3, 0.4) is 0 Å². The van der Waals surface area contributed by atoms with Crippen molar-refractivity contribution in [2.75, 3.05) is 13.1 Å². The zero-order valence-corrected chi connectivity index (χ0v) is 20.6. The Bertz CT molecular complexity index is 1080. The Balaban J connectivity index is 0.000000455. The van der Waals surface area contributed by atoms with Gasteiger partial charge in [0.05, 0.1) is 12.7 Å². The summed E-state index contributed by atoms with van der Waals surface area (Å²) in [5.41, 5.74) is 3.94. The normalized spacial score (nSPS) is 22.5. The van der Waals surface area contributed by atoms with Gasteiger partial charge in [-0.05, 0) is 60.7 Å². The van der Waals surface area contributed by atoms with Gasteiger partial charge in [0.1, 0.15) is 0 Å². The summed E-state index contributed by atoms with van der Waals surface area (Å²) in [5.74, 6) is -2.71. The molecule has 3 heterocycles. The minimum Gasteiger partial charge on any atom is -0.473 e. The number of carboxylic acids is 2. The maximum atomic E-state index is 9.10. The van der Waals surface area contributed by atoms with Gasteiger partial charge < -0.3 is 14.9 Å². The highest BCUT2D eigenvalue weighted by Gasteiger charge is 2.47. The molecular weight excluding hydrogens is 478 g/mol. The lowest BCUT2D eigenvalue weighted by Crippen LogP contribution is -2.60. The third kappa shape index (κ3) is 6.32. The van der Waals surface area contributed by atoms with Gasteiger partial charge in [-0.15, -0.1) is 0 Å². The van der Waals surface area contributed by atoms with Crippen LogP contribution in [0.1, 0.15) is 35.4 Å². The fourth-order valence-corrected chi connectivity index (χ4v) is 5.47. The van der Waals surface area contributed by atoms with E-state index in [9.17, 15) is 0 Å². The highest BCUT2D eigenvalue weighted by Crippen LogP contribution is 2.43. The molecule has 0 saturated carbocycles. The molecule has 0 radical (unpaired) electrons. The van der Waals surface area contributed by atoms with Crippen molar-refractivity contribution in [1.82, 2.24) is 4.90 Å². The largest absolute Gasteiger partial charge is 0.473 e. The molecule has 188 valence electrons. The van der Waals surface area contributed by atoms with Crippen LogP contribution in [-0.2, 0) is 20.9 Å². The van der Waals surface area contributed by atoms with Crippen LogP contribution in [0, 0.1) is 5.92 Å². The standard InChI is InChI=1S/C27H28ClNO.C2H2O4/c28-24-13-11-20(12-14-24)19-30-27-23-15-17-29(18-16-23)26(27)25(21-7-3-1-4-8-21)22-9-5-2-6-10-22;3-1(4)2(5)6/h1-14,23,25-27H,15-19H2;(H,3,4)(H,5,6). The van der Waals surface area contributed by atoms with E-state index in [0.29, 0.717) is 24.5 Å². The summed E-state index contributed by atoms with van der Waals surface area (Å²) >= 11 is 6.06. The monoisotopic (exact) mass is 507 g/mol. The summed E-state index contributed by atoms with van der Waals surface area (Å²) in [4.78, 5) is 20.9. The van der Waals surface area contributed by atoms with Crippen LogP contribution in [0.25, 0.3) is 0 Å². The van der Waals surface area contributed by atoms with Crippen molar-refractivity contribution in [1.29, 1.82) is 0 Å². The van der Waals surface area contributed by atoms with Gasteiger partial charge in [-0.2, -0.15) is 0 Å². The molecule has 6 nitrogen and oxygen atoms in total. The molecular formula is C29H30ClNO5. The Hall–Kier alpha value is -3.19. The topological polar surface area (TPSA) is 87.1 Å². The maximum Gasteiger partial charge on any atom is 0.414 e. The molecule has 0 aromatic heterocycles. The summed E-state index contributed by atoms with van der Waals surface area (Å²) in [6.45, 7) is 2.98. The Labute approximate surface area is 216 Å². The summed E-state index contributed by atoms with van der Waals surface area (Å²) in [6.07, 6.45) is 2.70. The molecule has 3 aromatic carbocycles. The predicted molar refractivity (Wildman–Crippen MR) is 138 cm³/mol. The van der Waals surface area contributed by atoms with Crippen molar-refractivity contribution in [3.8, 4) is 0 Å². The first-order chi connectivity index (χ1) is 17.4. The lowest BCUT2D eigenvalue weighted by Gasteiger charge is -2.53. The lowest BCUT2D eigenvalue weighted by molar-refractivity contribution is -0.159. The number of hydrogen-bond donors (Lipinski definition) is 2. The predicted octanol–water partition coefficient (Wildman–Crippen LogP) is 5.31. The zero-order chi connectivity index (χ0) is 25.5. The number of carbonyl (C=O) groups is 2. The van der Waals surface area contributed by atoms with Gasteiger partial charge in [-0.25, -0.2) is 9.59 Å². The first-order valence-electron chi connectivity index (χ1n) is 12.1. The van der Waals surface area contributed by atoms with E-state index in [1.54, 1.807) is 0 Å². The average molecular weight is 508 g/mol. The number of fused-ring (bicyclic) bond motifs is 3. The van der Waals surface area contributed by atoms with Crippen molar-refractivity contribution in [3.63, 3.8) is 0 Å². The van der Waals surface area contributed by atoms with E-state index in [1.807, 2.05) is 12.1 Å². The highest BCUT2D eigenvalue weighted by molar-refractivity contribution is 6.30. The van der Waals surface area contributed by atoms with Crippen LogP contribution in [0.4, 0.5) is 0 Å². The molecule has 3 aliphatic heterocycles. The Morgan fingerprint density at radius 3 is 1.81 bits per heavy atom. The molecule has 3 aliphatic rings. The molecule has 36 heavy (non-hydrogen) atoms. The molecule has 2 atom stereocenters. The van der Waals surface area contributed by atoms with Crippen molar-refractivity contribution in [2.24, 2.45) is 5.92 Å². The number of carboxylic acid groups (broad SMARTS) is 2. The van der Waals surface area contributed by atoms with Crippen LogP contribution in [0.2, 0.25) is 5.02 Å². The molecule has 2 unspecified atom stereocenters. The number of hydrogen-bond acceptors (Lipinski definition) is 4. The number of aliphatic carboxylic acids is 2. The van der Waals surface area contributed by atoms with E-state index in [0.717, 1.165) is 5.02 Å². The van der Waals surface area contributed by atoms with Crippen LogP contribution in [0.5, 0.6) is 0 Å². The number of piperidine rings is 3. The average Bonchev–Trinajstić information content (AvgIpc) is 2.91. The minimum absolute atomic E-state index is 0.230. The van der Waals surface area contributed by atoms with Crippen molar-refractivity contribution in [3.05, 3.63) is 107 Å². The van der Waals surface area contributed by atoms with Gasteiger partial charge in [-0.3, -0.25) is 4.90 Å². The smallest absolute Gasteiger partial charge is 0.414 e. The van der Waals surface area contributed by atoms with Crippen LogP contribution in [0.15, 0.2) is 84.9 Å². The number of rotatable bonds is 6. The Kier molecular flexibility index (Phi) is 8.75. The zero-order valence-electron chi connectivity index (χ0n) is 19.9. The van der Waals surface area contributed by atoms with Crippen LogP contribution < -0.4 is 0 Å². The third-order valence-corrected chi connectivity index (χ3v) is 7.25. The van der Waals surface area contributed by atoms with Gasteiger partial charge in [-0.1, -0.05) is 84.4 Å². The molecule has 0 aliphatic carbocycles. The summed E-state index contributed by atoms with van der Waals surface area (Å²) in [7, 11) is 0. The van der Waals surface area contributed by atoms with E-state index in [1.165, 1.54) is 42.6 Å². The van der Waals surface area contributed by atoms with Crippen LogP contribution >= 0.6 is 11.6 Å². The molecule has 2 N–H and O–H groups in total. The molecule has 0 amide bonds. The van der Waals surface area contributed by atoms with Gasteiger partial charge in [0.2, 0.25) is 0 Å². The van der Waals surface area contributed by atoms with E-state index >= 15 is 0 Å². The van der Waals surface area contributed by atoms with Gasteiger partial charge in [0.25, 0.3) is 0 Å². The second-order valence-electron chi connectivity index (χ2n) is 9.18. The van der Waals surface area contributed by atoms with Crippen molar-refractivity contribution >= 4 is 23.5 Å². The van der Waals surface area contributed by atoms with E-state index in [2.05, 4.69) is 77.7 Å². The Morgan fingerprint density at radius 2 is 1.33 bits per heavy atom. The fourth-order valence-electron chi connectivity index (χ4n) is 5.35. The van der Waals surface area contributed by atoms with Gasteiger partial charge >= 0.3 is 11.9 Å². The molecule has 2 bridgehead atoms. The van der Waals surface area contributed by atoms with Crippen molar-refractivity contribution in [2.45, 2.75) is 37.5 Å². The van der Waals surface area contributed by atoms with Gasteiger partial charge in [0.15, 0.2) is 0 Å². The van der Waals surface area contributed by atoms with E-state index in [-0.39, 0.29) is 6.10 Å². The van der Waals surface area contributed by atoms with E-state index < -0.39 is 11.9 Å². The number of halogens is 1. The third-order valence-electron chi connectivity index (χ3n) is 6.99. The molecule has 3 fully saturated rings. The van der Waals surface area contributed by atoms with Crippen LogP contribution in [-0.4, -0.2) is 52.3 Å². The minimum atomic E-state index is -1.82. The molecule has 3 aromatic rings. The van der Waals surface area contributed by atoms with Crippen molar-refractivity contribution < 1.29 is 24.5 Å². The fraction of sp³-hybridized carbons (Fsp3) is 0.310. The Morgan fingerprint density at radius 1 is 0.833 bits per heavy atom. The highest BCUT2D eigenvalue weighted by atomic mass is 35.5. The number of nitrogens with zero attached hydrogens (tertiary/aromatic N) is 1. The quantitative estimate of drug-likeness (QED) is 0.440. The second kappa shape index (κ2) is 12.2. The number of ether oxygens (including phenoxy) is 1. The van der Waals surface area contributed by atoms with Gasteiger partial charge in [0, 0.05) is 17.0 Å². The summed E-state index contributed by atoms with van der Waals surface area (Å²) in [5, 5.41) is 15.6. The molecule has 6 rings (SSSR count). The summed E-state index contributed by atoms with van der Waals surface area (Å²) in [6, 6.07) is 30.3. The first kappa shape index (κ1) is 25.9. The molecule has 0 spiro atoms. The number of benzene rings is 3. The first-order valence-corrected chi connectivity index (χ1v) is 12.5. The lowest BCUT2D eigenvalue weighted by atomic mass is 9.72. The van der Waals surface area contributed by atoms with E-state index in [4.69, 9.17) is 36.1 Å². The maximum absolute atomic E-state index is 9.10. The SMILES string of the molecule is Clc1ccc(COC2C3CCN(CC3)C2C(c2ccccc2)c2ccccc2)cc1.O=C(O)C(=O)O. The second-order valence-corrected chi connectivity index (χ2v) is 9.61. The summed E-state index contributed by atoms with van der Waals surface area (Å²) < 4.78 is 6.69.